The molecule has 7 heteroatoms. The average Bonchev–Trinajstić information content (AvgIpc) is 2.45. The third-order valence-corrected chi connectivity index (χ3v) is 3.35. The van der Waals surface area contributed by atoms with Crippen LogP contribution in [0.25, 0.3) is 0 Å². The molecule has 0 amide bonds. The van der Waals surface area contributed by atoms with Gasteiger partial charge in [-0.25, -0.2) is 0 Å². The van der Waals surface area contributed by atoms with Crippen molar-refractivity contribution < 1.29 is 9.66 Å². The maximum Gasteiger partial charge on any atom is 0.292 e. The van der Waals surface area contributed by atoms with Gasteiger partial charge in [-0.15, -0.1) is 0 Å². The normalized spacial score (nSPS) is 10.2. The molecule has 0 bridgehead atoms. The summed E-state index contributed by atoms with van der Waals surface area (Å²) in [6.07, 6.45) is 0. The second kappa shape index (κ2) is 6.65. The van der Waals surface area contributed by atoms with Gasteiger partial charge in [-0.2, -0.15) is 0 Å². The monoisotopic (exact) mass is 326 g/mol. The molecule has 0 saturated heterocycles. The molecule has 21 heavy (non-hydrogen) atoms. The van der Waals surface area contributed by atoms with Crippen molar-refractivity contribution in [2.45, 2.75) is 6.61 Å². The maximum atomic E-state index is 10.9. The standard InChI is InChI=1S/C14H12Cl2N2O3/c1-17-12-6-9(2-4-13(12)18(19)20)8-21-14-5-3-10(15)7-11(14)16/h2-7,17H,8H2,1H3. The fourth-order valence-corrected chi connectivity index (χ4v) is 2.25. The van der Waals surface area contributed by atoms with Gasteiger partial charge in [0.2, 0.25) is 0 Å². The summed E-state index contributed by atoms with van der Waals surface area (Å²) < 4.78 is 5.59. The number of anilines is 1. The van der Waals surface area contributed by atoms with E-state index >= 15 is 0 Å². The summed E-state index contributed by atoms with van der Waals surface area (Å²) in [6.45, 7) is 0.244. The van der Waals surface area contributed by atoms with Crippen LogP contribution < -0.4 is 10.1 Å². The first-order valence-corrected chi connectivity index (χ1v) is 6.80. The van der Waals surface area contributed by atoms with Crippen molar-refractivity contribution in [1.82, 2.24) is 0 Å². The topological polar surface area (TPSA) is 64.4 Å². The number of benzene rings is 2. The van der Waals surface area contributed by atoms with Gasteiger partial charge in [-0.05, 0) is 35.9 Å². The SMILES string of the molecule is CNc1cc(COc2ccc(Cl)cc2Cl)ccc1[N+](=O)[O-]. The Morgan fingerprint density at radius 2 is 2.00 bits per heavy atom. The highest BCUT2D eigenvalue weighted by molar-refractivity contribution is 6.35. The van der Waals surface area contributed by atoms with Gasteiger partial charge >= 0.3 is 0 Å². The molecule has 0 heterocycles. The number of halogens is 2. The minimum absolute atomic E-state index is 0.0192. The lowest BCUT2D eigenvalue weighted by atomic mass is 10.2. The fourth-order valence-electron chi connectivity index (χ4n) is 1.79. The lowest BCUT2D eigenvalue weighted by Crippen LogP contribution is -2.00. The second-order valence-electron chi connectivity index (χ2n) is 4.22. The zero-order valence-electron chi connectivity index (χ0n) is 11.1. The van der Waals surface area contributed by atoms with Gasteiger partial charge in [0.25, 0.3) is 5.69 Å². The van der Waals surface area contributed by atoms with Gasteiger partial charge in [-0.1, -0.05) is 23.2 Å². The highest BCUT2D eigenvalue weighted by Crippen LogP contribution is 2.29. The van der Waals surface area contributed by atoms with Crippen LogP contribution in [0.4, 0.5) is 11.4 Å². The molecule has 110 valence electrons. The Kier molecular flexibility index (Phi) is 4.88. The van der Waals surface area contributed by atoms with Crippen molar-refractivity contribution in [3.05, 3.63) is 62.1 Å². The molecule has 2 aromatic rings. The number of nitro benzene ring substituents is 1. The summed E-state index contributed by atoms with van der Waals surface area (Å²) >= 11 is 11.8. The molecular formula is C14H12Cl2N2O3. The zero-order chi connectivity index (χ0) is 15.4. The van der Waals surface area contributed by atoms with Gasteiger partial charge in [0.15, 0.2) is 0 Å². The number of hydrogen-bond donors (Lipinski definition) is 1. The molecule has 0 radical (unpaired) electrons. The molecule has 0 saturated carbocycles. The van der Waals surface area contributed by atoms with Crippen LogP contribution in [0.1, 0.15) is 5.56 Å². The number of ether oxygens (including phenoxy) is 1. The number of nitrogens with zero attached hydrogens (tertiary/aromatic N) is 1. The second-order valence-corrected chi connectivity index (χ2v) is 5.07. The number of hydrogen-bond acceptors (Lipinski definition) is 4. The lowest BCUT2D eigenvalue weighted by Gasteiger charge is -2.10. The van der Waals surface area contributed by atoms with Crippen LogP contribution in [-0.2, 0) is 6.61 Å². The lowest BCUT2D eigenvalue weighted by molar-refractivity contribution is -0.384. The molecule has 0 aliphatic carbocycles. The molecular weight excluding hydrogens is 315 g/mol. The third-order valence-electron chi connectivity index (χ3n) is 2.82. The van der Waals surface area contributed by atoms with E-state index in [-0.39, 0.29) is 12.3 Å². The highest BCUT2D eigenvalue weighted by atomic mass is 35.5. The summed E-state index contributed by atoms with van der Waals surface area (Å²) in [5, 5.41) is 14.6. The number of nitro groups is 1. The summed E-state index contributed by atoms with van der Waals surface area (Å²) in [6, 6.07) is 9.69. The zero-order valence-corrected chi connectivity index (χ0v) is 12.6. The quantitative estimate of drug-likeness (QED) is 0.648. The van der Waals surface area contributed by atoms with Crippen molar-refractivity contribution in [2.24, 2.45) is 0 Å². The molecule has 2 rings (SSSR count). The van der Waals surface area contributed by atoms with E-state index in [1.807, 2.05) is 0 Å². The van der Waals surface area contributed by atoms with E-state index < -0.39 is 4.92 Å². The Labute approximate surface area is 131 Å². The van der Waals surface area contributed by atoms with E-state index in [0.717, 1.165) is 5.56 Å². The summed E-state index contributed by atoms with van der Waals surface area (Å²) in [5.74, 6) is 0.505. The van der Waals surface area contributed by atoms with Gasteiger partial charge in [0.1, 0.15) is 18.0 Å². The van der Waals surface area contributed by atoms with Gasteiger partial charge < -0.3 is 10.1 Å². The van der Waals surface area contributed by atoms with E-state index in [1.54, 1.807) is 37.4 Å². The Morgan fingerprint density at radius 3 is 2.62 bits per heavy atom. The predicted molar refractivity (Wildman–Crippen MR) is 83.4 cm³/mol. The first-order valence-electron chi connectivity index (χ1n) is 6.04. The minimum atomic E-state index is -0.438. The third kappa shape index (κ3) is 3.77. The van der Waals surface area contributed by atoms with Crippen LogP contribution in [0.3, 0.4) is 0 Å². The first kappa shape index (κ1) is 15.4. The van der Waals surface area contributed by atoms with Crippen LogP contribution in [0.2, 0.25) is 10.0 Å². The average molecular weight is 327 g/mol. The van der Waals surface area contributed by atoms with Crippen molar-refractivity contribution in [3.8, 4) is 5.75 Å². The number of rotatable bonds is 5. The summed E-state index contributed by atoms with van der Waals surface area (Å²) in [7, 11) is 1.63. The van der Waals surface area contributed by atoms with Crippen molar-refractivity contribution in [1.29, 1.82) is 0 Å². The van der Waals surface area contributed by atoms with Crippen LogP contribution in [-0.4, -0.2) is 12.0 Å². The molecule has 0 spiro atoms. The summed E-state index contributed by atoms with van der Waals surface area (Å²) in [4.78, 5) is 10.4. The molecule has 0 fully saturated rings. The Hall–Kier alpha value is -1.98. The molecule has 0 atom stereocenters. The van der Waals surface area contributed by atoms with Crippen LogP contribution >= 0.6 is 23.2 Å². The largest absolute Gasteiger partial charge is 0.487 e. The van der Waals surface area contributed by atoms with Gasteiger partial charge in [0, 0.05) is 18.1 Å². The number of nitrogens with one attached hydrogen (secondary N) is 1. The molecule has 0 aromatic heterocycles. The predicted octanol–water partition coefficient (Wildman–Crippen LogP) is 4.52. The molecule has 0 aliphatic rings. The Balaban J connectivity index is 2.15. The van der Waals surface area contributed by atoms with E-state index in [1.165, 1.54) is 6.07 Å². The Morgan fingerprint density at radius 1 is 1.24 bits per heavy atom. The molecule has 1 N–H and O–H groups in total. The maximum absolute atomic E-state index is 10.9. The molecule has 0 unspecified atom stereocenters. The van der Waals surface area contributed by atoms with Gasteiger partial charge in [0.05, 0.1) is 9.95 Å². The van der Waals surface area contributed by atoms with Crippen LogP contribution in [0.5, 0.6) is 5.75 Å². The fraction of sp³-hybridized carbons (Fsp3) is 0.143. The minimum Gasteiger partial charge on any atom is -0.487 e. The van der Waals surface area contributed by atoms with E-state index in [4.69, 9.17) is 27.9 Å². The van der Waals surface area contributed by atoms with E-state index in [0.29, 0.717) is 21.5 Å². The summed E-state index contributed by atoms with van der Waals surface area (Å²) in [5.41, 5.74) is 1.24. The molecule has 0 aliphatic heterocycles. The van der Waals surface area contributed by atoms with Crippen LogP contribution in [0, 0.1) is 10.1 Å². The van der Waals surface area contributed by atoms with Crippen molar-refractivity contribution >= 4 is 34.6 Å². The smallest absolute Gasteiger partial charge is 0.292 e. The van der Waals surface area contributed by atoms with E-state index in [9.17, 15) is 10.1 Å². The Bertz CT molecular complexity index is 677. The van der Waals surface area contributed by atoms with Crippen molar-refractivity contribution in [2.75, 3.05) is 12.4 Å². The van der Waals surface area contributed by atoms with Crippen molar-refractivity contribution in [3.63, 3.8) is 0 Å². The van der Waals surface area contributed by atoms with Crippen LogP contribution in [0.15, 0.2) is 36.4 Å². The molecule has 5 nitrogen and oxygen atoms in total. The van der Waals surface area contributed by atoms with E-state index in [2.05, 4.69) is 5.32 Å². The highest BCUT2D eigenvalue weighted by Gasteiger charge is 2.13. The first-order chi connectivity index (χ1) is 10.0. The van der Waals surface area contributed by atoms with Gasteiger partial charge in [-0.3, -0.25) is 10.1 Å². The molecule has 2 aromatic carbocycles.